The van der Waals surface area contributed by atoms with Crippen molar-refractivity contribution in [2.24, 2.45) is 5.41 Å². The molecule has 1 heterocycles. The molecule has 1 unspecified atom stereocenters. The molecule has 2 rings (SSSR count). The highest BCUT2D eigenvalue weighted by molar-refractivity contribution is 5.69. The Labute approximate surface area is 262 Å². The Morgan fingerprint density at radius 1 is 0.800 bits per heavy atom. The standard InChI is InChI=1S/C31H44O14/c1-15(39-18(4)33)11-12-23-16(2)26(40-19(5)34)24(13-31(23,9)10)44-30-29(43-22(8)37)28(42-21(7)36)27(41-20(6)35)25(45-30)14-38-17(3)32/h11-12,15,24-30H,13-14H2,1-10H3/b12-11+/t15?,24-,25+,26+,27+,28-,29+,30+/m0/s1. The second-order valence-corrected chi connectivity index (χ2v) is 11.6. The molecule has 0 N–H and O–H groups in total. The maximum absolute atomic E-state index is 12.2. The Balaban J connectivity index is 2.60. The first kappa shape index (κ1) is 37.4. The van der Waals surface area contributed by atoms with Gasteiger partial charge in [0.05, 0.1) is 0 Å². The number of allylic oxidation sites excluding steroid dienone is 2. The number of ether oxygens (including phenoxy) is 8. The second kappa shape index (κ2) is 16.0. The predicted octanol–water partition coefficient (Wildman–Crippen LogP) is 2.64. The molecule has 1 aliphatic heterocycles. The minimum atomic E-state index is -1.46. The van der Waals surface area contributed by atoms with Gasteiger partial charge in [0.15, 0.2) is 24.6 Å². The summed E-state index contributed by atoms with van der Waals surface area (Å²) < 4.78 is 45.0. The van der Waals surface area contributed by atoms with Crippen LogP contribution in [-0.4, -0.2) is 91.4 Å². The van der Waals surface area contributed by atoms with Gasteiger partial charge in [-0.3, -0.25) is 28.8 Å². The van der Waals surface area contributed by atoms with Gasteiger partial charge in [-0.25, -0.2) is 0 Å². The van der Waals surface area contributed by atoms with E-state index >= 15 is 0 Å². The molecule has 14 heteroatoms. The van der Waals surface area contributed by atoms with Crippen LogP contribution in [0.5, 0.6) is 0 Å². The molecule has 0 saturated carbocycles. The van der Waals surface area contributed by atoms with Gasteiger partial charge in [0, 0.05) is 41.5 Å². The van der Waals surface area contributed by atoms with E-state index in [4.69, 9.17) is 37.9 Å². The van der Waals surface area contributed by atoms with Gasteiger partial charge in [0.1, 0.15) is 31.0 Å². The van der Waals surface area contributed by atoms with Crippen molar-refractivity contribution in [1.29, 1.82) is 0 Å². The lowest BCUT2D eigenvalue weighted by Crippen LogP contribution is -2.64. The Morgan fingerprint density at radius 2 is 1.33 bits per heavy atom. The molecular formula is C31H44O14. The summed E-state index contributed by atoms with van der Waals surface area (Å²) in [6.07, 6.45) is -5.43. The average molecular weight is 641 g/mol. The average Bonchev–Trinajstić information content (AvgIpc) is 2.86. The van der Waals surface area contributed by atoms with Crippen LogP contribution < -0.4 is 0 Å². The molecule has 252 valence electrons. The molecule has 0 aromatic carbocycles. The van der Waals surface area contributed by atoms with Gasteiger partial charge in [-0.15, -0.1) is 0 Å². The Morgan fingerprint density at radius 3 is 1.84 bits per heavy atom. The van der Waals surface area contributed by atoms with Crippen LogP contribution >= 0.6 is 0 Å². The number of rotatable bonds is 11. The Bertz CT molecular complexity index is 1200. The lowest BCUT2D eigenvalue weighted by molar-refractivity contribution is -0.323. The summed E-state index contributed by atoms with van der Waals surface area (Å²) in [6.45, 7) is 14.1. The predicted molar refractivity (Wildman–Crippen MR) is 154 cm³/mol. The zero-order valence-electron chi connectivity index (χ0n) is 27.4. The normalized spacial score (nSPS) is 28.4. The van der Waals surface area contributed by atoms with Crippen LogP contribution in [0.3, 0.4) is 0 Å². The van der Waals surface area contributed by atoms with Gasteiger partial charge in [0.2, 0.25) is 0 Å². The third-order valence-electron chi connectivity index (χ3n) is 7.07. The Kier molecular flexibility index (Phi) is 13.3. The van der Waals surface area contributed by atoms with Crippen molar-refractivity contribution in [2.45, 2.75) is 125 Å². The smallest absolute Gasteiger partial charge is 0.303 e. The molecule has 0 bridgehead atoms. The summed E-state index contributed by atoms with van der Waals surface area (Å²) in [5.41, 5.74) is 0.869. The van der Waals surface area contributed by atoms with E-state index in [-0.39, 0.29) is 6.42 Å². The molecule has 0 amide bonds. The minimum Gasteiger partial charge on any atom is -0.463 e. The van der Waals surface area contributed by atoms with E-state index in [1.165, 1.54) is 20.8 Å². The summed E-state index contributed by atoms with van der Waals surface area (Å²) in [7, 11) is 0. The fraction of sp³-hybridized carbons (Fsp3) is 0.677. The molecule has 45 heavy (non-hydrogen) atoms. The van der Waals surface area contributed by atoms with Crippen molar-refractivity contribution in [3.8, 4) is 0 Å². The van der Waals surface area contributed by atoms with Gasteiger partial charge >= 0.3 is 35.8 Å². The highest BCUT2D eigenvalue weighted by Gasteiger charge is 2.54. The lowest BCUT2D eigenvalue weighted by Gasteiger charge is -2.47. The van der Waals surface area contributed by atoms with E-state index in [9.17, 15) is 28.8 Å². The fourth-order valence-corrected chi connectivity index (χ4v) is 5.51. The summed E-state index contributed by atoms with van der Waals surface area (Å²) in [5.74, 6) is -4.00. The van der Waals surface area contributed by atoms with E-state index in [1.54, 1.807) is 19.9 Å². The van der Waals surface area contributed by atoms with Crippen LogP contribution in [0.4, 0.5) is 0 Å². The summed E-state index contributed by atoms with van der Waals surface area (Å²) in [6, 6.07) is 0. The van der Waals surface area contributed by atoms with Crippen molar-refractivity contribution >= 4 is 35.8 Å². The number of hydrogen-bond donors (Lipinski definition) is 0. The van der Waals surface area contributed by atoms with E-state index in [1.807, 2.05) is 19.9 Å². The molecule has 2 aliphatic rings. The number of carbonyl (C=O) groups is 6. The second-order valence-electron chi connectivity index (χ2n) is 11.6. The summed E-state index contributed by atoms with van der Waals surface area (Å²) in [5, 5.41) is 0. The molecule has 1 fully saturated rings. The monoisotopic (exact) mass is 640 g/mol. The van der Waals surface area contributed by atoms with Crippen LogP contribution in [-0.2, 0) is 66.7 Å². The van der Waals surface area contributed by atoms with E-state index in [0.29, 0.717) is 5.57 Å². The van der Waals surface area contributed by atoms with Crippen LogP contribution in [0, 0.1) is 5.41 Å². The number of hydrogen-bond acceptors (Lipinski definition) is 14. The molecule has 0 radical (unpaired) electrons. The number of esters is 6. The largest absolute Gasteiger partial charge is 0.463 e. The molecule has 8 atom stereocenters. The third-order valence-corrected chi connectivity index (χ3v) is 7.07. The molecule has 0 aromatic rings. The molecule has 1 saturated heterocycles. The lowest BCUT2D eigenvalue weighted by atomic mass is 9.70. The molecule has 0 spiro atoms. The maximum atomic E-state index is 12.2. The number of carbonyl (C=O) groups excluding carboxylic acids is 6. The van der Waals surface area contributed by atoms with Gasteiger partial charge in [0.25, 0.3) is 0 Å². The first-order valence-corrected chi connectivity index (χ1v) is 14.5. The first-order valence-electron chi connectivity index (χ1n) is 14.5. The van der Waals surface area contributed by atoms with E-state index in [2.05, 4.69) is 0 Å². The van der Waals surface area contributed by atoms with Gasteiger partial charge in [-0.2, -0.15) is 0 Å². The third kappa shape index (κ3) is 11.0. The topological polar surface area (TPSA) is 176 Å². The first-order chi connectivity index (χ1) is 20.8. The van der Waals surface area contributed by atoms with Crippen LogP contribution in [0.1, 0.15) is 75.7 Å². The van der Waals surface area contributed by atoms with Crippen molar-refractivity contribution in [3.05, 3.63) is 23.3 Å². The fourth-order valence-electron chi connectivity index (χ4n) is 5.51. The minimum absolute atomic E-state index is 0.261. The highest BCUT2D eigenvalue weighted by Crippen LogP contribution is 2.44. The van der Waals surface area contributed by atoms with Crippen LogP contribution in [0.25, 0.3) is 0 Å². The molecule has 0 aromatic heterocycles. The van der Waals surface area contributed by atoms with E-state index < -0.39 is 96.9 Å². The SMILES string of the molecule is CC(=O)OC[C@H]1O[C@@H](O[C@H]2CC(C)(C)C(/C=C/C(C)OC(C)=O)=C(C)[C@H]2OC(C)=O)[C@H](OC(C)=O)[C@@H](OC(C)=O)[C@@H]1OC(C)=O. The quantitative estimate of drug-likeness (QED) is 0.238. The zero-order chi connectivity index (χ0) is 34.2. The van der Waals surface area contributed by atoms with Crippen LogP contribution in [0.2, 0.25) is 0 Å². The Hall–Kier alpha value is -3.78. The molecular weight excluding hydrogens is 596 g/mol. The van der Waals surface area contributed by atoms with Gasteiger partial charge in [-0.1, -0.05) is 19.9 Å². The van der Waals surface area contributed by atoms with Crippen molar-refractivity contribution in [2.75, 3.05) is 6.61 Å². The molecule has 1 aliphatic carbocycles. The summed E-state index contributed by atoms with van der Waals surface area (Å²) in [4.78, 5) is 71.8. The van der Waals surface area contributed by atoms with Crippen molar-refractivity contribution < 1.29 is 66.7 Å². The van der Waals surface area contributed by atoms with Gasteiger partial charge < -0.3 is 37.9 Å². The van der Waals surface area contributed by atoms with E-state index in [0.717, 1.165) is 26.3 Å². The van der Waals surface area contributed by atoms with Crippen molar-refractivity contribution in [3.63, 3.8) is 0 Å². The van der Waals surface area contributed by atoms with Crippen molar-refractivity contribution in [1.82, 2.24) is 0 Å². The van der Waals surface area contributed by atoms with Gasteiger partial charge in [-0.05, 0) is 42.9 Å². The zero-order valence-corrected chi connectivity index (χ0v) is 27.4. The van der Waals surface area contributed by atoms with Crippen LogP contribution in [0.15, 0.2) is 23.3 Å². The molecule has 14 nitrogen and oxygen atoms in total. The highest BCUT2D eigenvalue weighted by atomic mass is 16.7. The summed E-state index contributed by atoms with van der Waals surface area (Å²) >= 11 is 0. The maximum Gasteiger partial charge on any atom is 0.303 e.